The van der Waals surface area contributed by atoms with E-state index in [4.69, 9.17) is 0 Å². The van der Waals surface area contributed by atoms with Crippen molar-refractivity contribution in [3.05, 3.63) is 69.5 Å². The number of benzene rings is 2. The first kappa shape index (κ1) is 14.2. The summed E-state index contributed by atoms with van der Waals surface area (Å²) < 4.78 is 13.2. The molecule has 3 nitrogen and oxygen atoms in total. The predicted octanol–water partition coefficient (Wildman–Crippen LogP) is 3.69. The second kappa shape index (κ2) is 5.95. The van der Waals surface area contributed by atoms with E-state index in [1.54, 1.807) is 5.41 Å². The molecule has 2 aromatic carbocycles. The highest BCUT2D eigenvalue weighted by Gasteiger charge is 2.24. The van der Waals surface area contributed by atoms with Crippen molar-refractivity contribution in [2.75, 3.05) is 5.32 Å². The van der Waals surface area contributed by atoms with Gasteiger partial charge in [-0.1, -0.05) is 46.3 Å². The lowest BCUT2D eigenvalue weighted by molar-refractivity contribution is -0.110. The molecule has 1 N–H and O–H groups in total. The van der Waals surface area contributed by atoms with Crippen molar-refractivity contribution in [3.63, 3.8) is 0 Å². The summed E-state index contributed by atoms with van der Waals surface area (Å²) in [5, 5.41) is 4.32. The molecule has 0 bridgehead atoms. The van der Waals surface area contributed by atoms with Gasteiger partial charge in [0, 0.05) is 21.1 Å². The number of carbonyl (C=O) groups excluding carboxylic acids is 1. The molecule has 0 fully saturated rings. The molecule has 0 spiro atoms. The summed E-state index contributed by atoms with van der Waals surface area (Å²) in [5.41, 5.74) is 3.03. The quantitative estimate of drug-likeness (QED) is 0.847. The lowest BCUT2D eigenvalue weighted by Crippen LogP contribution is -2.05. The minimum Gasteiger partial charge on any atom is -0.321 e. The van der Waals surface area contributed by atoms with Gasteiger partial charge in [0.15, 0.2) is 0 Å². The summed E-state index contributed by atoms with van der Waals surface area (Å²) in [6.07, 6.45) is 0. The van der Waals surface area contributed by atoms with Crippen molar-refractivity contribution < 1.29 is 9.00 Å². The molecule has 106 valence electrons. The molecule has 1 amide bonds. The lowest BCUT2D eigenvalue weighted by atomic mass is 10.1. The Hall–Kier alpha value is -1.72. The highest BCUT2D eigenvalue weighted by atomic mass is 79.9. The van der Waals surface area contributed by atoms with Crippen LogP contribution in [0.15, 0.2) is 58.4 Å². The average Bonchev–Trinajstić information content (AvgIpc) is 2.75. The third kappa shape index (κ3) is 3.14. The minimum atomic E-state index is -1.24. The van der Waals surface area contributed by atoms with Crippen molar-refractivity contribution in [1.82, 2.24) is 0 Å². The number of halogens is 1. The van der Waals surface area contributed by atoms with Crippen LogP contribution in [0.4, 0.5) is 5.69 Å². The Kier molecular flexibility index (Phi) is 4.03. The smallest absolute Gasteiger partial charge is 0.256 e. The fourth-order valence-corrected chi connectivity index (χ4v) is 3.76. The van der Waals surface area contributed by atoms with Gasteiger partial charge in [0.1, 0.15) is 0 Å². The number of nitrogens with one attached hydrogen (secondary N) is 1. The van der Waals surface area contributed by atoms with Crippen LogP contribution in [0.2, 0.25) is 0 Å². The van der Waals surface area contributed by atoms with Crippen LogP contribution in [0.1, 0.15) is 11.1 Å². The van der Waals surface area contributed by atoms with Crippen molar-refractivity contribution in [1.29, 1.82) is 0 Å². The molecule has 1 aliphatic rings. The molecular weight excluding hydrogens is 350 g/mol. The summed E-state index contributed by atoms with van der Waals surface area (Å²) in [6, 6.07) is 15.1. The Bertz CT molecular complexity index is 770. The van der Waals surface area contributed by atoms with Gasteiger partial charge in [-0.05, 0) is 23.8 Å². The molecule has 1 heterocycles. The van der Waals surface area contributed by atoms with Gasteiger partial charge >= 0.3 is 0 Å². The molecule has 1 unspecified atom stereocenters. The average molecular weight is 362 g/mol. The van der Waals surface area contributed by atoms with Crippen LogP contribution < -0.4 is 5.32 Å². The molecule has 5 heteroatoms. The predicted molar refractivity (Wildman–Crippen MR) is 89.0 cm³/mol. The summed E-state index contributed by atoms with van der Waals surface area (Å²) in [6.45, 7) is 0. The summed E-state index contributed by atoms with van der Waals surface area (Å²) in [4.78, 5) is 12.0. The normalized spacial score (nSPS) is 16.6. The van der Waals surface area contributed by atoms with E-state index in [0.29, 0.717) is 11.3 Å². The molecular formula is C16H12BrNO2S. The molecule has 0 radical (unpaired) electrons. The Morgan fingerprint density at radius 3 is 2.76 bits per heavy atom. The molecule has 21 heavy (non-hydrogen) atoms. The van der Waals surface area contributed by atoms with Crippen molar-refractivity contribution in [2.24, 2.45) is 0 Å². The van der Waals surface area contributed by atoms with Crippen LogP contribution >= 0.6 is 15.9 Å². The topological polar surface area (TPSA) is 46.2 Å². The van der Waals surface area contributed by atoms with Gasteiger partial charge in [0.2, 0.25) is 0 Å². The van der Waals surface area contributed by atoms with E-state index in [1.165, 1.54) is 0 Å². The van der Waals surface area contributed by atoms with E-state index in [2.05, 4.69) is 21.2 Å². The summed E-state index contributed by atoms with van der Waals surface area (Å²) in [5.74, 6) is 0.192. The second-order valence-corrected chi connectivity index (χ2v) is 6.89. The van der Waals surface area contributed by atoms with E-state index in [-0.39, 0.29) is 5.91 Å². The second-order valence-electron chi connectivity index (χ2n) is 4.69. The van der Waals surface area contributed by atoms with Crippen LogP contribution in [0.25, 0.3) is 5.57 Å². The van der Waals surface area contributed by atoms with Crippen LogP contribution in [0.3, 0.4) is 0 Å². The Labute approximate surface area is 133 Å². The largest absolute Gasteiger partial charge is 0.321 e. The summed E-state index contributed by atoms with van der Waals surface area (Å²) in [7, 11) is -1.24. The monoisotopic (exact) mass is 361 g/mol. The standard InChI is InChI=1S/C16H12BrNO2S/c17-12-5-3-4-11(8-12)9-21(20)10-14-13-6-1-2-7-15(13)18-16(14)19/h1-8,10H,9H2,(H,18,19). The van der Waals surface area contributed by atoms with Crippen LogP contribution in [0.5, 0.6) is 0 Å². The maximum Gasteiger partial charge on any atom is 0.256 e. The maximum atomic E-state index is 12.3. The maximum absolute atomic E-state index is 12.3. The van der Waals surface area contributed by atoms with E-state index in [0.717, 1.165) is 21.3 Å². The molecule has 3 rings (SSSR count). The Morgan fingerprint density at radius 2 is 1.95 bits per heavy atom. The number of carbonyl (C=O) groups is 1. The van der Waals surface area contributed by atoms with E-state index in [1.807, 2.05) is 48.5 Å². The van der Waals surface area contributed by atoms with Crippen molar-refractivity contribution in [2.45, 2.75) is 5.75 Å². The third-order valence-corrected chi connectivity index (χ3v) is 4.77. The van der Waals surface area contributed by atoms with Crippen LogP contribution in [-0.4, -0.2) is 10.1 Å². The van der Waals surface area contributed by atoms with Gasteiger partial charge in [-0.15, -0.1) is 0 Å². The number of anilines is 1. The third-order valence-electron chi connectivity index (χ3n) is 3.16. The molecule has 1 atom stereocenters. The van der Waals surface area contributed by atoms with Gasteiger partial charge < -0.3 is 5.32 Å². The zero-order valence-corrected chi connectivity index (χ0v) is 13.4. The number of para-hydroxylation sites is 1. The number of fused-ring (bicyclic) bond motifs is 1. The zero-order valence-electron chi connectivity index (χ0n) is 11.0. The fourth-order valence-electron chi connectivity index (χ4n) is 2.22. The van der Waals surface area contributed by atoms with Gasteiger partial charge in [0.25, 0.3) is 5.91 Å². The van der Waals surface area contributed by atoms with Gasteiger partial charge in [-0.3, -0.25) is 9.00 Å². The first-order chi connectivity index (χ1) is 10.1. The molecule has 0 saturated carbocycles. The highest BCUT2D eigenvalue weighted by Crippen LogP contribution is 2.31. The SMILES string of the molecule is O=C1Nc2ccccc2C1=CS(=O)Cc1cccc(Br)c1. The summed E-state index contributed by atoms with van der Waals surface area (Å²) >= 11 is 3.39. The zero-order chi connectivity index (χ0) is 14.8. The molecule has 1 aliphatic heterocycles. The van der Waals surface area contributed by atoms with Gasteiger partial charge in [-0.2, -0.15) is 0 Å². The molecule has 0 aliphatic carbocycles. The molecule has 2 aromatic rings. The van der Waals surface area contributed by atoms with Gasteiger partial charge in [0.05, 0.1) is 22.1 Å². The number of hydrogen-bond donors (Lipinski definition) is 1. The van der Waals surface area contributed by atoms with E-state index >= 15 is 0 Å². The highest BCUT2D eigenvalue weighted by molar-refractivity contribution is 9.10. The van der Waals surface area contributed by atoms with E-state index in [9.17, 15) is 9.00 Å². The lowest BCUT2D eigenvalue weighted by Gasteiger charge is -2.01. The number of amides is 1. The Morgan fingerprint density at radius 1 is 1.14 bits per heavy atom. The van der Waals surface area contributed by atoms with Crippen LogP contribution in [-0.2, 0) is 21.3 Å². The van der Waals surface area contributed by atoms with Crippen molar-refractivity contribution >= 4 is 43.9 Å². The van der Waals surface area contributed by atoms with Crippen molar-refractivity contribution in [3.8, 4) is 0 Å². The molecule has 0 aromatic heterocycles. The van der Waals surface area contributed by atoms with Gasteiger partial charge in [-0.25, -0.2) is 0 Å². The number of rotatable bonds is 3. The minimum absolute atomic E-state index is 0.196. The fraction of sp³-hybridized carbons (Fsp3) is 0.0625. The molecule has 0 saturated heterocycles. The van der Waals surface area contributed by atoms with E-state index < -0.39 is 10.8 Å². The van der Waals surface area contributed by atoms with Crippen LogP contribution in [0, 0.1) is 0 Å². The first-order valence-corrected chi connectivity index (χ1v) is 8.55. The Balaban J connectivity index is 1.85. The first-order valence-electron chi connectivity index (χ1n) is 6.38. The number of hydrogen-bond acceptors (Lipinski definition) is 2.